The SMILES string of the molecule is CC(C)(C)NC(=O)NC(N)=Nc1c(Br)cc(Br)cc1Br. The number of urea groups is 1. The molecule has 0 bridgehead atoms. The number of rotatable bonds is 1. The van der Waals surface area contributed by atoms with Crippen molar-refractivity contribution in [3.8, 4) is 0 Å². The Morgan fingerprint density at radius 3 is 2.15 bits per heavy atom. The summed E-state index contributed by atoms with van der Waals surface area (Å²) in [7, 11) is 0. The van der Waals surface area contributed by atoms with Gasteiger partial charge in [0.2, 0.25) is 5.96 Å². The van der Waals surface area contributed by atoms with Gasteiger partial charge in [0.05, 0.1) is 5.69 Å². The molecule has 0 aliphatic carbocycles. The molecule has 2 amide bonds. The molecule has 0 radical (unpaired) electrons. The Balaban J connectivity index is 2.87. The van der Waals surface area contributed by atoms with E-state index >= 15 is 0 Å². The second-order valence-corrected chi connectivity index (χ2v) is 7.67. The molecule has 0 aliphatic rings. The van der Waals surface area contributed by atoms with Crippen molar-refractivity contribution in [2.24, 2.45) is 10.7 Å². The monoisotopic (exact) mass is 468 g/mol. The number of nitrogens with one attached hydrogen (secondary N) is 2. The minimum absolute atomic E-state index is 0.00970. The van der Waals surface area contributed by atoms with Gasteiger partial charge in [0.25, 0.3) is 0 Å². The Hall–Kier alpha value is -0.600. The third kappa shape index (κ3) is 5.80. The van der Waals surface area contributed by atoms with Gasteiger partial charge in [-0.15, -0.1) is 0 Å². The van der Waals surface area contributed by atoms with E-state index in [1.165, 1.54) is 0 Å². The Bertz CT molecular complexity index is 529. The first-order valence-corrected chi connectivity index (χ1v) is 8.04. The fourth-order valence-corrected chi connectivity index (χ4v) is 3.71. The number of hydrogen-bond donors (Lipinski definition) is 3. The van der Waals surface area contributed by atoms with E-state index in [-0.39, 0.29) is 11.5 Å². The van der Waals surface area contributed by atoms with Gasteiger partial charge in [-0.05, 0) is 64.8 Å². The van der Waals surface area contributed by atoms with Crippen LogP contribution in [-0.4, -0.2) is 17.5 Å². The quantitative estimate of drug-likeness (QED) is 0.428. The number of carbonyl (C=O) groups is 1. The average molecular weight is 471 g/mol. The molecule has 0 saturated carbocycles. The molecule has 1 aromatic rings. The number of amides is 2. The lowest BCUT2D eigenvalue weighted by atomic mass is 10.1. The molecule has 1 aromatic carbocycles. The summed E-state index contributed by atoms with van der Waals surface area (Å²) >= 11 is 10.1. The molecule has 0 saturated heterocycles. The maximum absolute atomic E-state index is 11.7. The van der Waals surface area contributed by atoms with Crippen LogP contribution in [0.1, 0.15) is 20.8 Å². The summed E-state index contributed by atoms with van der Waals surface area (Å²) < 4.78 is 2.40. The van der Waals surface area contributed by atoms with Crippen molar-refractivity contribution >= 4 is 65.5 Å². The van der Waals surface area contributed by atoms with Gasteiger partial charge in [0, 0.05) is 19.0 Å². The molecule has 1 rings (SSSR count). The zero-order chi connectivity index (χ0) is 15.5. The van der Waals surface area contributed by atoms with Gasteiger partial charge in [0.15, 0.2) is 0 Å². The van der Waals surface area contributed by atoms with Crippen LogP contribution >= 0.6 is 47.8 Å². The Labute approximate surface area is 143 Å². The fraction of sp³-hybridized carbons (Fsp3) is 0.333. The summed E-state index contributed by atoms with van der Waals surface area (Å²) in [5.41, 5.74) is 5.98. The molecule has 5 nitrogen and oxygen atoms in total. The number of guanidine groups is 1. The standard InChI is InChI=1S/C12H15Br3N4O/c1-12(2,3)19-11(20)18-10(16)17-9-7(14)4-6(13)5-8(9)15/h4-5H,1-3H3,(H4,16,17,18,19,20). The summed E-state index contributed by atoms with van der Waals surface area (Å²) in [6.45, 7) is 5.63. The molecule has 0 aromatic heterocycles. The van der Waals surface area contributed by atoms with Crippen LogP contribution in [0.2, 0.25) is 0 Å². The highest BCUT2D eigenvalue weighted by molar-refractivity contribution is 9.11. The van der Waals surface area contributed by atoms with Crippen molar-refractivity contribution in [2.45, 2.75) is 26.3 Å². The summed E-state index contributed by atoms with van der Waals surface area (Å²) in [5, 5.41) is 5.21. The van der Waals surface area contributed by atoms with E-state index in [1.807, 2.05) is 32.9 Å². The Morgan fingerprint density at radius 1 is 1.20 bits per heavy atom. The minimum atomic E-state index is -0.400. The molecule has 110 valence electrons. The van der Waals surface area contributed by atoms with E-state index < -0.39 is 6.03 Å². The molecule has 0 atom stereocenters. The van der Waals surface area contributed by atoms with Crippen molar-refractivity contribution in [3.63, 3.8) is 0 Å². The largest absolute Gasteiger partial charge is 0.369 e. The van der Waals surface area contributed by atoms with Crippen molar-refractivity contribution in [1.29, 1.82) is 0 Å². The first-order valence-electron chi connectivity index (χ1n) is 5.66. The zero-order valence-corrected chi connectivity index (χ0v) is 16.0. The van der Waals surface area contributed by atoms with Crippen LogP contribution in [0.25, 0.3) is 0 Å². The number of aliphatic imine (C=N–C) groups is 1. The molecule has 0 fully saturated rings. The first kappa shape index (κ1) is 17.5. The molecule has 0 aliphatic heterocycles. The lowest BCUT2D eigenvalue weighted by Gasteiger charge is -2.20. The molecule has 8 heteroatoms. The average Bonchev–Trinajstić information content (AvgIpc) is 2.20. The van der Waals surface area contributed by atoms with E-state index in [0.29, 0.717) is 5.69 Å². The molecular weight excluding hydrogens is 456 g/mol. The molecule has 0 unspecified atom stereocenters. The number of benzene rings is 1. The van der Waals surface area contributed by atoms with Gasteiger partial charge in [-0.25, -0.2) is 9.79 Å². The first-order chi connectivity index (χ1) is 9.08. The summed E-state index contributed by atoms with van der Waals surface area (Å²) in [4.78, 5) is 15.8. The minimum Gasteiger partial charge on any atom is -0.369 e. The van der Waals surface area contributed by atoms with Crippen molar-refractivity contribution < 1.29 is 4.79 Å². The molecular formula is C12H15Br3N4O. The fourth-order valence-electron chi connectivity index (χ4n) is 1.28. The highest BCUT2D eigenvalue weighted by Crippen LogP contribution is 2.36. The van der Waals surface area contributed by atoms with E-state index in [9.17, 15) is 4.79 Å². The van der Waals surface area contributed by atoms with Gasteiger partial charge in [-0.1, -0.05) is 15.9 Å². The number of nitrogens with zero attached hydrogens (tertiary/aromatic N) is 1. The molecule has 20 heavy (non-hydrogen) atoms. The van der Waals surface area contributed by atoms with Crippen LogP contribution in [0.3, 0.4) is 0 Å². The normalized spacial score (nSPS) is 12.2. The summed E-state index contributed by atoms with van der Waals surface area (Å²) in [6.07, 6.45) is 0. The Morgan fingerprint density at radius 2 is 1.70 bits per heavy atom. The summed E-state index contributed by atoms with van der Waals surface area (Å²) in [5.74, 6) is 0.00970. The van der Waals surface area contributed by atoms with Crippen LogP contribution in [0.5, 0.6) is 0 Å². The third-order valence-electron chi connectivity index (χ3n) is 1.94. The van der Waals surface area contributed by atoms with Crippen LogP contribution in [0, 0.1) is 0 Å². The topological polar surface area (TPSA) is 79.5 Å². The van der Waals surface area contributed by atoms with E-state index in [0.717, 1.165) is 13.4 Å². The lowest BCUT2D eigenvalue weighted by molar-refractivity contribution is 0.236. The zero-order valence-electron chi connectivity index (χ0n) is 11.2. The number of nitrogens with two attached hydrogens (primary N) is 1. The van der Waals surface area contributed by atoms with Crippen LogP contribution in [0.15, 0.2) is 30.5 Å². The third-order valence-corrected chi connectivity index (χ3v) is 3.61. The second kappa shape index (κ2) is 6.91. The van der Waals surface area contributed by atoms with Gasteiger partial charge < -0.3 is 11.1 Å². The highest BCUT2D eigenvalue weighted by atomic mass is 79.9. The van der Waals surface area contributed by atoms with Gasteiger partial charge in [-0.2, -0.15) is 0 Å². The van der Waals surface area contributed by atoms with Crippen LogP contribution < -0.4 is 16.4 Å². The predicted molar refractivity (Wildman–Crippen MR) is 92.2 cm³/mol. The van der Waals surface area contributed by atoms with Crippen molar-refractivity contribution in [2.75, 3.05) is 0 Å². The van der Waals surface area contributed by atoms with Crippen molar-refractivity contribution in [3.05, 3.63) is 25.6 Å². The number of halogens is 3. The number of carbonyl (C=O) groups excluding carboxylic acids is 1. The Kier molecular flexibility index (Phi) is 6.03. The molecule has 0 spiro atoms. The molecule has 4 N–H and O–H groups in total. The van der Waals surface area contributed by atoms with Crippen LogP contribution in [-0.2, 0) is 0 Å². The van der Waals surface area contributed by atoms with Crippen molar-refractivity contribution in [1.82, 2.24) is 10.6 Å². The lowest BCUT2D eigenvalue weighted by Crippen LogP contribution is -2.50. The van der Waals surface area contributed by atoms with Gasteiger partial charge in [0.1, 0.15) is 0 Å². The smallest absolute Gasteiger partial charge is 0.321 e. The maximum atomic E-state index is 11.7. The van der Waals surface area contributed by atoms with Gasteiger partial charge in [-0.3, -0.25) is 5.32 Å². The van der Waals surface area contributed by atoms with E-state index in [4.69, 9.17) is 5.73 Å². The number of hydrogen-bond acceptors (Lipinski definition) is 2. The van der Waals surface area contributed by atoms with Gasteiger partial charge >= 0.3 is 6.03 Å². The highest BCUT2D eigenvalue weighted by Gasteiger charge is 2.14. The second-order valence-electron chi connectivity index (χ2n) is 5.04. The molecule has 0 heterocycles. The van der Waals surface area contributed by atoms with E-state index in [1.54, 1.807) is 0 Å². The van der Waals surface area contributed by atoms with E-state index in [2.05, 4.69) is 63.4 Å². The van der Waals surface area contributed by atoms with Crippen LogP contribution in [0.4, 0.5) is 10.5 Å². The predicted octanol–water partition coefficient (Wildman–Crippen LogP) is 4.02. The maximum Gasteiger partial charge on any atom is 0.321 e. The summed E-state index contributed by atoms with van der Waals surface area (Å²) in [6, 6.07) is 3.28.